The minimum atomic E-state index is -1.28. The summed E-state index contributed by atoms with van der Waals surface area (Å²) in [6, 6.07) is 31.0. The van der Waals surface area contributed by atoms with Gasteiger partial charge in [0.2, 0.25) is 11.8 Å². The van der Waals surface area contributed by atoms with Crippen molar-refractivity contribution in [3.63, 3.8) is 0 Å². The molecule has 2 unspecified atom stereocenters. The maximum Gasteiger partial charge on any atom is 0.253 e. The number of carbonyl (C=O) groups is 3. The van der Waals surface area contributed by atoms with Gasteiger partial charge in [-0.25, -0.2) is 0 Å². The number of hydrogen-bond donors (Lipinski definition) is 1. The van der Waals surface area contributed by atoms with Crippen LogP contribution in [0.5, 0.6) is 0 Å². The van der Waals surface area contributed by atoms with Crippen molar-refractivity contribution in [2.45, 2.75) is 55.9 Å². The topological polar surface area (TPSA) is 90.4 Å². The molecule has 262 valence electrons. The number of fused-ring (bicyclic) bond motifs is 2. The molecule has 6 atom stereocenters. The van der Waals surface area contributed by atoms with Gasteiger partial charge in [0.1, 0.15) is 11.6 Å². The van der Waals surface area contributed by atoms with Crippen LogP contribution in [0.4, 0.5) is 11.4 Å². The van der Waals surface area contributed by atoms with Crippen LogP contribution in [0.3, 0.4) is 0 Å². The molecule has 3 heterocycles. The van der Waals surface area contributed by atoms with Crippen molar-refractivity contribution in [3.05, 3.63) is 134 Å². The van der Waals surface area contributed by atoms with Crippen LogP contribution in [-0.4, -0.2) is 70.7 Å². The van der Waals surface area contributed by atoms with E-state index in [0.29, 0.717) is 37.1 Å². The smallest absolute Gasteiger partial charge is 0.253 e. The van der Waals surface area contributed by atoms with E-state index in [9.17, 15) is 9.90 Å². The van der Waals surface area contributed by atoms with Crippen molar-refractivity contribution in [2.24, 2.45) is 11.8 Å². The molecular formula is C43H45N3O5. The second-order valence-electron chi connectivity index (χ2n) is 13.9. The summed E-state index contributed by atoms with van der Waals surface area (Å²) in [5.74, 6) is -2.64. The molecule has 2 bridgehead atoms. The number of hydrogen-bond acceptors (Lipinski definition) is 5. The van der Waals surface area contributed by atoms with E-state index in [1.165, 1.54) is 0 Å². The first-order chi connectivity index (χ1) is 24.8. The molecule has 8 nitrogen and oxygen atoms in total. The summed E-state index contributed by atoms with van der Waals surface area (Å²) in [5, 5.41) is 13.0. The summed E-state index contributed by atoms with van der Waals surface area (Å²) in [7, 11) is 0. The third-order valence-electron chi connectivity index (χ3n) is 11.3. The van der Waals surface area contributed by atoms with E-state index in [1.807, 2.05) is 110 Å². The second-order valence-corrected chi connectivity index (χ2v) is 13.9. The lowest BCUT2D eigenvalue weighted by Gasteiger charge is -2.39. The molecule has 3 saturated heterocycles. The Hall–Kier alpha value is -5.05. The summed E-state index contributed by atoms with van der Waals surface area (Å²) < 4.78 is 7.14. The summed E-state index contributed by atoms with van der Waals surface area (Å²) in [4.78, 5) is 50.4. The Balaban J connectivity index is 1.37. The van der Waals surface area contributed by atoms with Crippen LogP contribution in [0.15, 0.2) is 128 Å². The molecule has 0 radical (unpaired) electrons. The normalized spacial score (nSPS) is 25.4. The molecule has 4 aromatic rings. The number of carbonyl (C=O) groups excluding carboxylic acids is 3. The Bertz CT molecular complexity index is 1950. The van der Waals surface area contributed by atoms with Gasteiger partial charge >= 0.3 is 0 Å². The molecule has 1 N–H and O–H groups in total. The van der Waals surface area contributed by atoms with E-state index in [4.69, 9.17) is 4.74 Å². The van der Waals surface area contributed by atoms with Gasteiger partial charge in [-0.2, -0.15) is 0 Å². The number of amides is 3. The summed E-state index contributed by atoms with van der Waals surface area (Å²) >= 11 is 0. The highest BCUT2D eigenvalue weighted by Gasteiger charge is 2.79. The van der Waals surface area contributed by atoms with Gasteiger partial charge in [-0.3, -0.25) is 14.4 Å². The Morgan fingerprint density at radius 1 is 0.863 bits per heavy atom. The van der Waals surface area contributed by atoms with Gasteiger partial charge in [-0.1, -0.05) is 97.9 Å². The summed E-state index contributed by atoms with van der Waals surface area (Å²) in [6.07, 6.45) is 5.15. The number of aliphatic hydroxyl groups excluding tert-OH is 1. The lowest BCUT2D eigenvalue weighted by molar-refractivity contribution is -0.149. The first-order valence-electron chi connectivity index (χ1n) is 17.9. The summed E-state index contributed by atoms with van der Waals surface area (Å²) in [6.45, 7) is 9.96. The van der Waals surface area contributed by atoms with Crippen molar-refractivity contribution in [1.82, 2.24) is 4.90 Å². The molecule has 51 heavy (non-hydrogen) atoms. The fourth-order valence-electron chi connectivity index (χ4n) is 9.01. The maximum atomic E-state index is 15.4. The summed E-state index contributed by atoms with van der Waals surface area (Å²) in [5.41, 5.74) is 0.0804. The van der Waals surface area contributed by atoms with Crippen molar-refractivity contribution >= 4 is 39.9 Å². The van der Waals surface area contributed by atoms with Gasteiger partial charge in [0.25, 0.3) is 5.91 Å². The molecule has 0 aliphatic carbocycles. The number of likely N-dealkylation sites (tertiary alicyclic amines) is 1. The van der Waals surface area contributed by atoms with Gasteiger partial charge < -0.3 is 24.5 Å². The number of ether oxygens (including phenoxy) is 1. The van der Waals surface area contributed by atoms with E-state index in [-0.39, 0.29) is 37.4 Å². The maximum absolute atomic E-state index is 15.4. The zero-order valence-electron chi connectivity index (χ0n) is 29.1. The lowest BCUT2D eigenvalue weighted by Crippen LogP contribution is -2.59. The highest BCUT2D eigenvalue weighted by atomic mass is 16.5. The first-order valence-corrected chi connectivity index (χ1v) is 17.9. The SMILES string of the molecule is C=CCN(C(=O)C1N([C@@H](CO)Cc2ccccc2)C(=O)[C@@H]2[C@H](C(=O)N(CC=C)c3ccccc3)[C@]3(CC)CCC12O3)c1ccc2ccccc2c1. The number of benzene rings is 4. The largest absolute Gasteiger partial charge is 0.394 e. The van der Waals surface area contributed by atoms with Crippen LogP contribution in [0.1, 0.15) is 31.7 Å². The molecule has 8 heteroatoms. The van der Waals surface area contributed by atoms with Gasteiger partial charge in [0, 0.05) is 24.5 Å². The van der Waals surface area contributed by atoms with Crippen molar-refractivity contribution in [3.8, 4) is 0 Å². The fourth-order valence-corrected chi connectivity index (χ4v) is 9.01. The van der Waals surface area contributed by atoms with Crippen LogP contribution in [0.2, 0.25) is 0 Å². The predicted octanol–water partition coefficient (Wildman–Crippen LogP) is 6.34. The first kappa shape index (κ1) is 34.4. The lowest BCUT2D eigenvalue weighted by atomic mass is 9.64. The van der Waals surface area contributed by atoms with Gasteiger partial charge in [-0.05, 0) is 66.3 Å². The Kier molecular flexibility index (Phi) is 9.40. The third-order valence-corrected chi connectivity index (χ3v) is 11.3. The van der Waals surface area contributed by atoms with Crippen molar-refractivity contribution < 1.29 is 24.2 Å². The molecular weight excluding hydrogens is 638 g/mol. The van der Waals surface area contributed by atoms with E-state index < -0.39 is 35.1 Å². The van der Waals surface area contributed by atoms with Crippen LogP contribution < -0.4 is 9.80 Å². The Morgan fingerprint density at radius 3 is 2.14 bits per heavy atom. The molecule has 1 spiro atoms. The van der Waals surface area contributed by atoms with Crippen LogP contribution in [0, 0.1) is 11.8 Å². The Labute approximate surface area is 299 Å². The van der Waals surface area contributed by atoms with Crippen LogP contribution in [0.25, 0.3) is 10.8 Å². The predicted molar refractivity (Wildman–Crippen MR) is 200 cm³/mol. The number of aliphatic hydroxyl groups is 1. The van der Waals surface area contributed by atoms with E-state index in [2.05, 4.69) is 13.2 Å². The number of nitrogens with zero attached hydrogens (tertiary/aromatic N) is 3. The van der Waals surface area contributed by atoms with Crippen LogP contribution >= 0.6 is 0 Å². The molecule has 3 fully saturated rings. The van der Waals surface area contributed by atoms with E-state index >= 15 is 9.59 Å². The number of para-hydroxylation sites is 1. The number of rotatable bonds is 13. The molecule has 7 rings (SSSR count). The highest BCUT2D eigenvalue weighted by Crippen LogP contribution is 2.65. The molecule has 3 aliphatic rings. The minimum Gasteiger partial charge on any atom is -0.394 e. The van der Waals surface area contributed by atoms with Crippen LogP contribution in [-0.2, 0) is 25.5 Å². The highest BCUT2D eigenvalue weighted by molar-refractivity contribution is 6.07. The molecule has 4 aromatic carbocycles. The quantitative estimate of drug-likeness (QED) is 0.166. The minimum absolute atomic E-state index is 0.196. The van der Waals surface area contributed by atoms with E-state index in [0.717, 1.165) is 16.3 Å². The molecule has 0 aromatic heterocycles. The van der Waals surface area contributed by atoms with Gasteiger partial charge in [0.15, 0.2) is 0 Å². The average molecular weight is 684 g/mol. The fraction of sp³-hybridized carbons (Fsp3) is 0.326. The average Bonchev–Trinajstić information content (AvgIpc) is 3.78. The van der Waals surface area contributed by atoms with Crippen molar-refractivity contribution in [1.29, 1.82) is 0 Å². The van der Waals surface area contributed by atoms with E-state index in [1.54, 1.807) is 26.9 Å². The number of anilines is 2. The van der Waals surface area contributed by atoms with Gasteiger partial charge in [-0.15, -0.1) is 13.2 Å². The zero-order chi connectivity index (χ0) is 35.8. The second kappa shape index (κ2) is 13.9. The monoisotopic (exact) mass is 683 g/mol. The molecule has 0 saturated carbocycles. The Morgan fingerprint density at radius 2 is 1.49 bits per heavy atom. The molecule has 3 amide bonds. The molecule has 3 aliphatic heterocycles. The van der Waals surface area contributed by atoms with Gasteiger partial charge in [0.05, 0.1) is 30.1 Å². The standard InChI is InChI=1S/C43H45N3O5/c1-4-25-44(33-19-11-8-12-20-33)39(48)36-37-40(49)46(35(29-47)27-30-15-9-7-10-16-30)38(43(37)24-23-42(36,6-3)51-43)41(50)45(26-5-2)34-22-21-31-17-13-14-18-32(31)28-34/h4-5,7-22,28,35-38,47H,1-2,6,23-27,29H2,3H3/t35-,36-,37+,38?,42+,43?/m1/s1. The van der Waals surface area contributed by atoms with Crippen molar-refractivity contribution in [2.75, 3.05) is 29.5 Å². The zero-order valence-corrected chi connectivity index (χ0v) is 29.1. The third kappa shape index (κ3) is 5.67.